The smallest absolute Gasteiger partial charge is 0.251 e. The fraction of sp³-hybridized carbons (Fsp3) is 0.533. The van der Waals surface area contributed by atoms with Gasteiger partial charge in [0.15, 0.2) is 0 Å². The molecule has 0 unspecified atom stereocenters. The summed E-state index contributed by atoms with van der Waals surface area (Å²) >= 11 is 1.28. The van der Waals surface area contributed by atoms with Crippen LogP contribution in [0.25, 0.3) is 0 Å². The Labute approximate surface area is 132 Å². The average Bonchev–Trinajstić information content (AvgIpc) is 2.73. The van der Waals surface area contributed by atoms with Crippen LogP contribution in [0.15, 0.2) is 0 Å². The fourth-order valence-electron chi connectivity index (χ4n) is 2.94. The highest BCUT2D eigenvalue weighted by Gasteiger charge is 2.32. The number of aryl methyl sites for hydroxylation is 1. The third kappa shape index (κ3) is 3.14. The largest absolute Gasteiger partial charge is 0.550 e. The van der Waals surface area contributed by atoms with E-state index in [9.17, 15) is 19.5 Å². The summed E-state index contributed by atoms with van der Waals surface area (Å²) in [5.74, 6) is -3.56. The molecule has 120 valence electrons. The van der Waals surface area contributed by atoms with Crippen LogP contribution in [0.3, 0.4) is 0 Å². The standard InChI is InChI=1S/C15H20N2O4S/c1-7-8(2)22-14(11(7)12(16)18)17-13(19)9-5-3-4-6-10(9)15(20)21/h9-10H,3-6H2,1-2H3,(H2,16,18)(H,17,19)(H,20,21)/p-1/t9-,10+/m1/s1. The van der Waals surface area contributed by atoms with E-state index in [4.69, 9.17) is 5.73 Å². The quantitative estimate of drug-likeness (QED) is 0.859. The molecule has 22 heavy (non-hydrogen) atoms. The van der Waals surface area contributed by atoms with Crippen molar-refractivity contribution in [2.75, 3.05) is 5.32 Å². The highest BCUT2D eigenvalue weighted by Crippen LogP contribution is 2.35. The van der Waals surface area contributed by atoms with E-state index in [1.807, 2.05) is 6.92 Å². The van der Waals surface area contributed by atoms with Crippen molar-refractivity contribution in [3.63, 3.8) is 0 Å². The van der Waals surface area contributed by atoms with Gasteiger partial charge in [0.05, 0.1) is 5.56 Å². The Hall–Kier alpha value is -1.89. The molecule has 0 spiro atoms. The van der Waals surface area contributed by atoms with Gasteiger partial charge in [0.1, 0.15) is 5.00 Å². The molecule has 3 N–H and O–H groups in total. The van der Waals surface area contributed by atoms with Crippen molar-refractivity contribution < 1.29 is 19.5 Å². The van der Waals surface area contributed by atoms with Gasteiger partial charge in [-0.15, -0.1) is 11.3 Å². The van der Waals surface area contributed by atoms with Gasteiger partial charge in [-0.05, 0) is 32.3 Å². The van der Waals surface area contributed by atoms with E-state index < -0.39 is 23.7 Å². The lowest BCUT2D eigenvalue weighted by Gasteiger charge is -2.31. The maximum Gasteiger partial charge on any atom is 0.251 e. The predicted octanol–water partition coefficient (Wildman–Crippen LogP) is 0.959. The molecule has 0 saturated heterocycles. The lowest BCUT2D eigenvalue weighted by Crippen LogP contribution is -2.42. The van der Waals surface area contributed by atoms with Crippen molar-refractivity contribution in [1.82, 2.24) is 0 Å². The number of thiophene rings is 1. The van der Waals surface area contributed by atoms with E-state index in [1.165, 1.54) is 11.3 Å². The number of carbonyl (C=O) groups excluding carboxylic acids is 3. The van der Waals surface area contributed by atoms with Crippen LogP contribution >= 0.6 is 11.3 Å². The number of aliphatic carboxylic acids is 1. The summed E-state index contributed by atoms with van der Waals surface area (Å²) in [5.41, 5.74) is 6.42. The number of carboxylic acid groups (broad SMARTS) is 1. The Kier molecular flexibility index (Phi) is 4.85. The summed E-state index contributed by atoms with van der Waals surface area (Å²) in [6.07, 6.45) is 2.56. The second-order valence-electron chi connectivity index (χ2n) is 5.66. The molecule has 1 aliphatic carbocycles. The van der Waals surface area contributed by atoms with Gasteiger partial charge in [-0.3, -0.25) is 9.59 Å². The minimum Gasteiger partial charge on any atom is -0.550 e. The zero-order valence-electron chi connectivity index (χ0n) is 12.6. The van der Waals surface area contributed by atoms with E-state index in [0.29, 0.717) is 23.4 Å². The van der Waals surface area contributed by atoms with Crippen molar-refractivity contribution in [3.05, 3.63) is 16.0 Å². The Morgan fingerprint density at radius 3 is 2.32 bits per heavy atom. The maximum atomic E-state index is 12.4. The summed E-state index contributed by atoms with van der Waals surface area (Å²) in [6.45, 7) is 3.61. The zero-order chi connectivity index (χ0) is 16.4. The number of carboxylic acids is 1. The number of nitrogens with two attached hydrogens (primary N) is 1. The van der Waals surface area contributed by atoms with Crippen molar-refractivity contribution in [1.29, 1.82) is 0 Å². The summed E-state index contributed by atoms with van der Waals surface area (Å²) in [4.78, 5) is 36.1. The van der Waals surface area contributed by atoms with Crippen molar-refractivity contribution in [2.45, 2.75) is 39.5 Å². The Balaban J connectivity index is 2.23. The number of rotatable bonds is 4. The molecule has 1 aromatic heterocycles. The molecule has 6 nitrogen and oxygen atoms in total. The van der Waals surface area contributed by atoms with Gasteiger partial charge in [-0.1, -0.05) is 12.8 Å². The van der Waals surface area contributed by atoms with Crippen LogP contribution in [0.1, 0.15) is 46.5 Å². The Morgan fingerprint density at radius 1 is 1.18 bits per heavy atom. The van der Waals surface area contributed by atoms with E-state index in [1.54, 1.807) is 6.92 Å². The lowest BCUT2D eigenvalue weighted by molar-refractivity contribution is -0.313. The van der Waals surface area contributed by atoms with Crippen LogP contribution in [-0.4, -0.2) is 17.8 Å². The molecule has 0 bridgehead atoms. The maximum absolute atomic E-state index is 12.4. The van der Waals surface area contributed by atoms with Crippen LogP contribution in [0, 0.1) is 25.7 Å². The number of carbonyl (C=O) groups is 3. The number of amides is 2. The van der Waals surface area contributed by atoms with Gasteiger partial charge in [0.25, 0.3) is 5.91 Å². The van der Waals surface area contributed by atoms with Crippen molar-refractivity contribution >= 4 is 34.1 Å². The Bertz CT molecular complexity index is 623. The van der Waals surface area contributed by atoms with Gasteiger partial charge in [-0.2, -0.15) is 0 Å². The van der Waals surface area contributed by atoms with E-state index in [-0.39, 0.29) is 5.91 Å². The monoisotopic (exact) mass is 323 g/mol. The molecule has 1 heterocycles. The van der Waals surface area contributed by atoms with E-state index in [2.05, 4.69) is 5.32 Å². The zero-order valence-corrected chi connectivity index (χ0v) is 13.4. The molecule has 0 radical (unpaired) electrons. The van der Waals surface area contributed by atoms with Gasteiger partial charge < -0.3 is 21.0 Å². The van der Waals surface area contributed by atoms with Gasteiger partial charge >= 0.3 is 0 Å². The molecule has 2 amide bonds. The van der Waals surface area contributed by atoms with Crippen LogP contribution in [0.4, 0.5) is 5.00 Å². The van der Waals surface area contributed by atoms with Crippen molar-refractivity contribution in [3.8, 4) is 0 Å². The van der Waals surface area contributed by atoms with Crippen molar-refractivity contribution in [2.24, 2.45) is 17.6 Å². The van der Waals surface area contributed by atoms with Crippen LogP contribution in [0.2, 0.25) is 0 Å². The number of nitrogens with one attached hydrogen (secondary N) is 1. The normalized spacial score (nSPS) is 21.4. The first-order valence-electron chi connectivity index (χ1n) is 7.24. The molecule has 1 aromatic rings. The molecule has 2 atom stereocenters. The number of anilines is 1. The second-order valence-corrected chi connectivity index (χ2v) is 6.88. The molecule has 0 aromatic carbocycles. The molecule has 0 aliphatic heterocycles. The molecular formula is C15H19N2O4S-. The number of hydrogen-bond donors (Lipinski definition) is 2. The van der Waals surface area contributed by atoms with Gasteiger partial charge in [-0.25, -0.2) is 0 Å². The predicted molar refractivity (Wildman–Crippen MR) is 81.4 cm³/mol. The molecule has 2 rings (SSSR count). The lowest BCUT2D eigenvalue weighted by atomic mass is 9.79. The molecular weight excluding hydrogens is 304 g/mol. The first-order valence-corrected chi connectivity index (χ1v) is 8.06. The number of primary amides is 1. The minimum atomic E-state index is -1.19. The third-order valence-electron chi connectivity index (χ3n) is 4.27. The minimum absolute atomic E-state index is 0.302. The van der Waals surface area contributed by atoms with Gasteiger partial charge in [0, 0.05) is 22.7 Å². The van der Waals surface area contributed by atoms with Crippen LogP contribution < -0.4 is 16.2 Å². The summed E-state index contributed by atoms with van der Waals surface area (Å²) in [5, 5.41) is 14.3. The van der Waals surface area contributed by atoms with Gasteiger partial charge in [0.2, 0.25) is 5.91 Å². The fourth-order valence-corrected chi connectivity index (χ4v) is 4.01. The first kappa shape index (κ1) is 16.5. The average molecular weight is 323 g/mol. The van der Waals surface area contributed by atoms with E-state index in [0.717, 1.165) is 23.3 Å². The summed E-state index contributed by atoms with van der Waals surface area (Å²) in [7, 11) is 0. The van der Waals surface area contributed by atoms with E-state index >= 15 is 0 Å². The topological polar surface area (TPSA) is 112 Å². The summed E-state index contributed by atoms with van der Waals surface area (Å²) in [6, 6.07) is 0. The molecule has 1 saturated carbocycles. The third-order valence-corrected chi connectivity index (χ3v) is 5.40. The second kappa shape index (κ2) is 6.48. The van der Waals surface area contributed by atoms with Crippen LogP contribution in [-0.2, 0) is 9.59 Å². The highest BCUT2D eigenvalue weighted by atomic mass is 32.1. The first-order chi connectivity index (χ1) is 10.3. The Morgan fingerprint density at radius 2 is 1.77 bits per heavy atom. The summed E-state index contributed by atoms with van der Waals surface area (Å²) < 4.78 is 0. The SMILES string of the molecule is Cc1sc(NC(=O)[C@@H]2CCCC[C@@H]2C(=O)[O-])c(C(N)=O)c1C. The van der Waals surface area contributed by atoms with Crippen LogP contribution in [0.5, 0.6) is 0 Å². The number of hydrogen-bond acceptors (Lipinski definition) is 5. The highest BCUT2D eigenvalue weighted by molar-refractivity contribution is 7.16. The molecule has 1 fully saturated rings. The molecule has 1 aliphatic rings. The molecule has 7 heteroatoms.